The smallest absolute Gasteiger partial charge is 0.191 e. The SMILES string of the molecule is CC(C)CN1CCC2(CC1)CN=C(N)N2CC1CC1. The monoisotopic (exact) mass is 264 g/mol. The zero-order chi connectivity index (χ0) is 13.5. The standard InChI is InChI=1S/C15H28N4/c1-12(2)9-18-7-5-15(6-8-18)11-17-14(16)19(15)10-13-3-4-13/h12-13H,3-11H2,1-2H3,(H2,16,17). The summed E-state index contributed by atoms with van der Waals surface area (Å²) < 4.78 is 0. The molecule has 0 radical (unpaired) electrons. The Morgan fingerprint density at radius 3 is 2.58 bits per heavy atom. The van der Waals surface area contributed by atoms with E-state index in [-0.39, 0.29) is 5.54 Å². The van der Waals surface area contributed by atoms with Gasteiger partial charge < -0.3 is 15.5 Å². The van der Waals surface area contributed by atoms with Gasteiger partial charge in [-0.2, -0.15) is 0 Å². The van der Waals surface area contributed by atoms with Crippen LogP contribution in [0.15, 0.2) is 4.99 Å². The molecule has 0 aromatic carbocycles. The Labute approximate surface area is 117 Å². The van der Waals surface area contributed by atoms with Gasteiger partial charge in [0.2, 0.25) is 0 Å². The van der Waals surface area contributed by atoms with E-state index in [1.165, 1.54) is 45.3 Å². The number of hydrogen-bond acceptors (Lipinski definition) is 4. The second kappa shape index (κ2) is 4.97. The Kier molecular flexibility index (Phi) is 3.46. The Balaban J connectivity index is 1.61. The normalized spacial score (nSPS) is 27.3. The molecular formula is C15H28N4. The van der Waals surface area contributed by atoms with E-state index in [9.17, 15) is 0 Å². The molecule has 1 saturated heterocycles. The second-order valence-corrected chi connectivity index (χ2v) is 7.15. The van der Waals surface area contributed by atoms with Gasteiger partial charge >= 0.3 is 0 Å². The third-order valence-corrected chi connectivity index (χ3v) is 4.93. The first-order valence-electron chi connectivity index (χ1n) is 7.89. The van der Waals surface area contributed by atoms with Crippen LogP contribution in [0.3, 0.4) is 0 Å². The molecule has 4 nitrogen and oxygen atoms in total. The van der Waals surface area contributed by atoms with Crippen LogP contribution in [0.5, 0.6) is 0 Å². The molecule has 2 N–H and O–H groups in total. The molecule has 0 aromatic rings. The molecule has 3 rings (SSSR count). The van der Waals surface area contributed by atoms with Gasteiger partial charge in [-0.3, -0.25) is 4.99 Å². The van der Waals surface area contributed by atoms with E-state index in [1.807, 2.05) is 0 Å². The quantitative estimate of drug-likeness (QED) is 0.837. The van der Waals surface area contributed by atoms with Gasteiger partial charge in [-0.25, -0.2) is 0 Å². The predicted octanol–water partition coefficient (Wildman–Crippen LogP) is 1.52. The summed E-state index contributed by atoms with van der Waals surface area (Å²) in [5, 5.41) is 0. The van der Waals surface area contributed by atoms with Crippen molar-refractivity contribution in [3.63, 3.8) is 0 Å². The summed E-state index contributed by atoms with van der Waals surface area (Å²) >= 11 is 0. The molecule has 0 bridgehead atoms. The van der Waals surface area contributed by atoms with Crippen LogP contribution < -0.4 is 5.73 Å². The lowest BCUT2D eigenvalue weighted by Gasteiger charge is -2.45. The molecule has 2 heterocycles. The van der Waals surface area contributed by atoms with Crippen molar-refractivity contribution in [3.05, 3.63) is 0 Å². The summed E-state index contributed by atoms with van der Waals surface area (Å²) in [4.78, 5) is 9.63. The van der Waals surface area contributed by atoms with Crippen LogP contribution in [0.2, 0.25) is 0 Å². The summed E-state index contributed by atoms with van der Waals surface area (Å²) in [7, 11) is 0. The predicted molar refractivity (Wildman–Crippen MR) is 79.2 cm³/mol. The zero-order valence-corrected chi connectivity index (χ0v) is 12.4. The summed E-state index contributed by atoms with van der Waals surface area (Å²) in [5.41, 5.74) is 6.40. The van der Waals surface area contributed by atoms with Crippen LogP contribution in [0.4, 0.5) is 0 Å². The van der Waals surface area contributed by atoms with Gasteiger partial charge in [-0.05, 0) is 37.5 Å². The van der Waals surface area contributed by atoms with Crippen molar-refractivity contribution in [3.8, 4) is 0 Å². The Bertz CT molecular complexity index is 351. The lowest BCUT2D eigenvalue weighted by molar-refractivity contribution is 0.0772. The van der Waals surface area contributed by atoms with Crippen molar-refractivity contribution >= 4 is 5.96 Å². The largest absolute Gasteiger partial charge is 0.370 e. The topological polar surface area (TPSA) is 44.9 Å². The van der Waals surface area contributed by atoms with Crippen molar-refractivity contribution in [1.82, 2.24) is 9.80 Å². The summed E-state index contributed by atoms with van der Waals surface area (Å²) in [6.07, 6.45) is 5.24. The van der Waals surface area contributed by atoms with Crippen LogP contribution in [-0.2, 0) is 0 Å². The highest BCUT2D eigenvalue weighted by Crippen LogP contribution is 2.38. The van der Waals surface area contributed by atoms with E-state index in [0.29, 0.717) is 0 Å². The van der Waals surface area contributed by atoms with Gasteiger partial charge in [0.05, 0.1) is 12.1 Å². The molecule has 1 spiro atoms. The third kappa shape index (κ3) is 2.73. The lowest BCUT2D eigenvalue weighted by Crippen LogP contribution is -2.58. The molecule has 4 heteroatoms. The zero-order valence-electron chi connectivity index (χ0n) is 12.4. The third-order valence-electron chi connectivity index (χ3n) is 4.93. The second-order valence-electron chi connectivity index (χ2n) is 7.15. The van der Waals surface area contributed by atoms with Crippen LogP contribution in [0.25, 0.3) is 0 Å². The van der Waals surface area contributed by atoms with Gasteiger partial charge in [0.15, 0.2) is 5.96 Å². The fourth-order valence-electron chi connectivity index (χ4n) is 3.58. The average molecular weight is 264 g/mol. The van der Waals surface area contributed by atoms with Crippen molar-refractivity contribution in [1.29, 1.82) is 0 Å². The molecule has 0 amide bonds. The van der Waals surface area contributed by atoms with Crippen molar-refractivity contribution in [2.24, 2.45) is 22.6 Å². The molecule has 2 aliphatic heterocycles. The minimum absolute atomic E-state index is 0.264. The maximum atomic E-state index is 6.14. The molecular weight excluding hydrogens is 236 g/mol. The van der Waals surface area contributed by atoms with E-state index in [0.717, 1.165) is 30.9 Å². The highest BCUT2D eigenvalue weighted by Gasteiger charge is 2.45. The fourth-order valence-corrected chi connectivity index (χ4v) is 3.58. The first-order chi connectivity index (χ1) is 9.09. The van der Waals surface area contributed by atoms with E-state index in [2.05, 4.69) is 28.6 Å². The number of aliphatic imine (C=N–C) groups is 1. The van der Waals surface area contributed by atoms with Crippen LogP contribution in [0.1, 0.15) is 39.5 Å². The Morgan fingerprint density at radius 1 is 1.32 bits per heavy atom. The highest BCUT2D eigenvalue weighted by molar-refractivity contribution is 5.81. The molecule has 2 fully saturated rings. The molecule has 108 valence electrons. The molecule has 1 aliphatic carbocycles. The number of piperidine rings is 1. The first kappa shape index (κ1) is 13.2. The number of nitrogens with zero attached hydrogens (tertiary/aromatic N) is 3. The number of hydrogen-bond donors (Lipinski definition) is 1. The van der Waals surface area contributed by atoms with Gasteiger partial charge in [-0.15, -0.1) is 0 Å². The number of likely N-dealkylation sites (tertiary alicyclic amines) is 1. The maximum absolute atomic E-state index is 6.14. The molecule has 1 saturated carbocycles. The molecule has 0 atom stereocenters. The Hall–Kier alpha value is -0.770. The van der Waals surface area contributed by atoms with Crippen molar-refractivity contribution in [2.75, 3.05) is 32.7 Å². The van der Waals surface area contributed by atoms with E-state index in [1.54, 1.807) is 0 Å². The van der Waals surface area contributed by atoms with E-state index in [4.69, 9.17) is 5.73 Å². The van der Waals surface area contributed by atoms with E-state index < -0.39 is 0 Å². The molecule has 19 heavy (non-hydrogen) atoms. The van der Waals surface area contributed by atoms with Crippen LogP contribution in [-0.4, -0.2) is 54.0 Å². The average Bonchev–Trinajstić information content (AvgIpc) is 3.14. The first-order valence-corrected chi connectivity index (χ1v) is 7.89. The molecule has 0 aromatic heterocycles. The lowest BCUT2D eigenvalue weighted by atomic mass is 9.86. The summed E-state index contributed by atoms with van der Waals surface area (Å²) in [5.74, 6) is 2.46. The fraction of sp³-hybridized carbons (Fsp3) is 0.933. The minimum Gasteiger partial charge on any atom is -0.370 e. The summed E-state index contributed by atoms with van der Waals surface area (Å²) in [6.45, 7) is 10.3. The number of guanidine groups is 1. The highest BCUT2D eigenvalue weighted by atomic mass is 15.4. The van der Waals surface area contributed by atoms with Gasteiger partial charge in [0.25, 0.3) is 0 Å². The number of nitrogens with two attached hydrogens (primary N) is 1. The van der Waals surface area contributed by atoms with Crippen LogP contribution in [0, 0.1) is 11.8 Å². The van der Waals surface area contributed by atoms with Gasteiger partial charge in [0.1, 0.15) is 0 Å². The molecule has 3 aliphatic rings. The van der Waals surface area contributed by atoms with Gasteiger partial charge in [0, 0.05) is 26.2 Å². The molecule has 0 unspecified atom stereocenters. The van der Waals surface area contributed by atoms with E-state index >= 15 is 0 Å². The summed E-state index contributed by atoms with van der Waals surface area (Å²) in [6, 6.07) is 0. The maximum Gasteiger partial charge on any atom is 0.191 e. The van der Waals surface area contributed by atoms with Crippen molar-refractivity contribution < 1.29 is 0 Å². The van der Waals surface area contributed by atoms with Crippen LogP contribution >= 0.6 is 0 Å². The minimum atomic E-state index is 0.264. The van der Waals surface area contributed by atoms with Crippen molar-refractivity contribution in [2.45, 2.75) is 45.1 Å². The Morgan fingerprint density at radius 2 is 2.00 bits per heavy atom. The number of rotatable bonds is 4. The van der Waals surface area contributed by atoms with Gasteiger partial charge in [-0.1, -0.05) is 13.8 Å².